The van der Waals surface area contributed by atoms with Crippen LogP contribution in [0.5, 0.6) is 0 Å². The van der Waals surface area contributed by atoms with Gasteiger partial charge in [0.05, 0.1) is 12.3 Å². The number of rotatable bonds is 3. The molecule has 0 unspecified atom stereocenters. The molecule has 6 heteroatoms. The highest BCUT2D eigenvalue weighted by atomic mass is 16.5. The zero-order valence-electron chi connectivity index (χ0n) is 13.5. The third-order valence-electron chi connectivity index (χ3n) is 4.64. The highest BCUT2D eigenvalue weighted by molar-refractivity contribution is 5.41. The molecule has 2 fully saturated rings. The van der Waals surface area contributed by atoms with Crippen LogP contribution in [0.2, 0.25) is 0 Å². The number of hydrogen-bond acceptors (Lipinski definition) is 6. The van der Waals surface area contributed by atoms with Crippen molar-refractivity contribution >= 4 is 5.82 Å². The molecule has 0 saturated carbocycles. The minimum absolute atomic E-state index is 0.0363. The van der Waals surface area contributed by atoms with Gasteiger partial charge in [-0.15, -0.1) is 0 Å². The first kappa shape index (κ1) is 15.6. The van der Waals surface area contributed by atoms with Crippen LogP contribution in [0, 0.1) is 12.8 Å². The van der Waals surface area contributed by atoms with Crippen LogP contribution in [-0.4, -0.2) is 66.4 Å². The van der Waals surface area contributed by atoms with Crippen LogP contribution in [0.4, 0.5) is 5.82 Å². The third-order valence-corrected chi connectivity index (χ3v) is 4.64. The van der Waals surface area contributed by atoms with Gasteiger partial charge < -0.3 is 19.6 Å². The normalized spacial score (nSPS) is 24.7. The minimum Gasteiger partial charge on any atom is -0.396 e. The van der Waals surface area contributed by atoms with E-state index in [1.165, 1.54) is 0 Å². The lowest BCUT2D eigenvalue weighted by molar-refractivity contribution is -0.0232. The maximum absolute atomic E-state index is 9.27. The molecule has 2 aliphatic heterocycles. The molecule has 0 aliphatic carbocycles. The Morgan fingerprint density at radius 2 is 2.05 bits per heavy atom. The lowest BCUT2D eigenvalue weighted by Gasteiger charge is -2.33. The van der Waals surface area contributed by atoms with Crippen molar-refractivity contribution in [2.45, 2.75) is 25.9 Å². The number of morpholine rings is 1. The van der Waals surface area contributed by atoms with Gasteiger partial charge in [-0.25, -0.2) is 9.97 Å². The molecule has 3 heterocycles. The van der Waals surface area contributed by atoms with E-state index in [0.29, 0.717) is 12.5 Å². The van der Waals surface area contributed by atoms with Gasteiger partial charge in [0.25, 0.3) is 0 Å². The first-order valence-electron chi connectivity index (χ1n) is 8.17. The summed E-state index contributed by atoms with van der Waals surface area (Å²) in [6.45, 7) is 6.75. The van der Waals surface area contributed by atoms with Crippen molar-refractivity contribution in [1.29, 1.82) is 0 Å². The van der Waals surface area contributed by atoms with E-state index in [0.717, 1.165) is 63.0 Å². The lowest BCUT2D eigenvalue weighted by atomic mass is 9.98. The van der Waals surface area contributed by atoms with Crippen LogP contribution >= 0.6 is 0 Å². The number of aromatic nitrogens is 2. The van der Waals surface area contributed by atoms with Crippen LogP contribution in [-0.2, 0) is 4.74 Å². The zero-order valence-corrected chi connectivity index (χ0v) is 13.5. The van der Waals surface area contributed by atoms with E-state index in [9.17, 15) is 5.11 Å². The predicted octanol–water partition coefficient (Wildman–Crippen LogP) is 0.997. The van der Waals surface area contributed by atoms with E-state index in [2.05, 4.69) is 32.9 Å². The molecule has 1 aromatic heterocycles. The minimum atomic E-state index is 0.0363. The highest BCUT2D eigenvalue weighted by Gasteiger charge is 2.24. The Bertz CT molecular complexity index is 503. The average Bonchev–Trinajstić information content (AvgIpc) is 2.54. The lowest BCUT2D eigenvalue weighted by Crippen LogP contribution is -2.37. The number of nitrogens with zero attached hydrogens (tertiary/aromatic N) is 4. The van der Waals surface area contributed by atoms with Gasteiger partial charge in [-0.1, -0.05) is 0 Å². The van der Waals surface area contributed by atoms with Crippen LogP contribution < -0.4 is 4.90 Å². The van der Waals surface area contributed by atoms with Gasteiger partial charge in [0, 0.05) is 38.9 Å². The standard InChI is InChI=1S/C16H26N4O2/c1-12-17-14(15-10-19(2)7-8-22-15)9-16(18-12)20-5-3-13(11-21)4-6-20/h9,13,15,21H,3-8,10-11H2,1-2H3/t15-/m0/s1. The Morgan fingerprint density at radius 3 is 2.73 bits per heavy atom. The van der Waals surface area contributed by atoms with Crippen LogP contribution in [0.25, 0.3) is 0 Å². The molecule has 1 atom stereocenters. The van der Waals surface area contributed by atoms with Gasteiger partial charge in [-0.3, -0.25) is 0 Å². The summed E-state index contributed by atoms with van der Waals surface area (Å²) in [5, 5.41) is 9.27. The molecule has 3 rings (SSSR count). The fourth-order valence-electron chi connectivity index (χ4n) is 3.20. The monoisotopic (exact) mass is 306 g/mol. The Labute approximate surface area is 132 Å². The molecule has 1 N–H and O–H groups in total. The number of ether oxygens (including phenoxy) is 1. The van der Waals surface area contributed by atoms with Crippen molar-refractivity contribution in [3.8, 4) is 0 Å². The molecule has 2 saturated heterocycles. The number of anilines is 1. The Hall–Kier alpha value is -1.24. The average molecular weight is 306 g/mol. The highest BCUT2D eigenvalue weighted by Crippen LogP contribution is 2.26. The van der Waals surface area contributed by atoms with Crippen molar-refractivity contribution in [3.63, 3.8) is 0 Å². The maximum atomic E-state index is 9.27. The van der Waals surface area contributed by atoms with Crippen LogP contribution in [0.3, 0.4) is 0 Å². The zero-order chi connectivity index (χ0) is 15.5. The fourth-order valence-corrected chi connectivity index (χ4v) is 3.20. The van der Waals surface area contributed by atoms with Crippen molar-refractivity contribution in [3.05, 3.63) is 17.6 Å². The second-order valence-corrected chi connectivity index (χ2v) is 6.43. The topological polar surface area (TPSA) is 61.7 Å². The number of aliphatic hydroxyl groups excluding tert-OH is 1. The third kappa shape index (κ3) is 3.56. The van der Waals surface area contributed by atoms with Gasteiger partial charge in [-0.2, -0.15) is 0 Å². The van der Waals surface area contributed by atoms with Gasteiger partial charge in [0.15, 0.2) is 0 Å². The van der Waals surface area contributed by atoms with E-state index in [-0.39, 0.29) is 6.10 Å². The maximum Gasteiger partial charge on any atom is 0.132 e. The summed E-state index contributed by atoms with van der Waals surface area (Å²) in [5.41, 5.74) is 0.985. The molecule has 122 valence electrons. The van der Waals surface area contributed by atoms with Gasteiger partial charge >= 0.3 is 0 Å². The van der Waals surface area contributed by atoms with E-state index in [1.807, 2.05) is 6.92 Å². The van der Waals surface area contributed by atoms with Gasteiger partial charge in [0.1, 0.15) is 17.7 Å². The van der Waals surface area contributed by atoms with Crippen molar-refractivity contribution < 1.29 is 9.84 Å². The number of likely N-dealkylation sites (N-methyl/N-ethyl adjacent to an activating group) is 1. The Kier molecular flexibility index (Phi) is 4.90. The van der Waals surface area contributed by atoms with Crippen molar-refractivity contribution in [1.82, 2.24) is 14.9 Å². The Morgan fingerprint density at radius 1 is 1.27 bits per heavy atom. The number of hydrogen-bond donors (Lipinski definition) is 1. The first-order valence-corrected chi connectivity index (χ1v) is 8.17. The molecule has 0 aromatic carbocycles. The fraction of sp³-hybridized carbons (Fsp3) is 0.750. The molecule has 22 heavy (non-hydrogen) atoms. The summed E-state index contributed by atoms with van der Waals surface area (Å²) in [5.74, 6) is 2.23. The van der Waals surface area contributed by atoms with Gasteiger partial charge in [0.2, 0.25) is 0 Å². The summed E-state index contributed by atoms with van der Waals surface area (Å²) >= 11 is 0. The molecule has 0 bridgehead atoms. The summed E-state index contributed by atoms with van der Waals surface area (Å²) in [6.07, 6.45) is 2.09. The summed E-state index contributed by atoms with van der Waals surface area (Å²) in [4.78, 5) is 13.8. The quantitative estimate of drug-likeness (QED) is 0.899. The summed E-state index contributed by atoms with van der Waals surface area (Å²) < 4.78 is 5.88. The first-order chi connectivity index (χ1) is 10.7. The van der Waals surface area contributed by atoms with Crippen LogP contribution in [0.15, 0.2) is 6.07 Å². The number of aliphatic hydroxyl groups is 1. The molecular weight excluding hydrogens is 280 g/mol. The van der Waals surface area contributed by atoms with E-state index in [1.54, 1.807) is 0 Å². The Balaban J connectivity index is 1.75. The second-order valence-electron chi connectivity index (χ2n) is 6.43. The molecule has 1 aromatic rings. The smallest absolute Gasteiger partial charge is 0.132 e. The SMILES string of the molecule is Cc1nc([C@@H]2CN(C)CCO2)cc(N2CCC(CO)CC2)n1. The molecular formula is C16H26N4O2. The van der Waals surface area contributed by atoms with E-state index in [4.69, 9.17) is 4.74 Å². The second kappa shape index (κ2) is 6.89. The van der Waals surface area contributed by atoms with Crippen LogP contribution in [0.1, 0.15) is 30.5 Å². The van der Waals surface area contributed by atoms with E-state index < -0.39 is 0 Å². The molecule has 0 amide bonds. The molecule has 6 nitrogen and oxygen atoms in total. The molecule has 2 aliphatic rings. The molecule has 0 radical (unpaired) electrons. The van der Waals surface area contributed by atoms with Gasteiger partial charge in [-0.05, 0) is 32.7 Å². The largest absolute Gasteiger partial charge is 0.396 e. The number of aryl methyl sites for hydroxylation is 1. The van der Waals surface area contributed by atoms with Crippen molar-refractivity contribution in [2.24, 2.45) is 5.92 Å². The van der Waals surface area contributed by atoms with E-state index >= 15 is 0 Å². The summed E-state index contributed by atoms with van der Waals surface area (Å²) in [6, 6.07) is 2.08. The van der Waals surface area contributed by atoms with Crippen molar-refractivity contribution in [2.75, 3.05) is 51.3 Å². The summed E-state index contributed by atoms with van der Waals surface area (Å²) in [7, 11) is 2.12. The molecule has 0 spiro atoms. The number of piperidine rings is 1. The predicted molar refractivity (Wildman–Crippen MR) is 85.0 cm³/mol.